The van der Waals surface area contributed by atoms with Crippen LogP contribution in [0.1, 0.15) is 26.3 Å². The highest BCUT2D eigenvalue weighted by Crippen LogP contribution is 2.20. The molecule has 2 rings (SSSR count). The van der Waals surface area contributed by atoms with E-state index in [4.69, 9.17) is 4.74 Å². The van der Waals surface area contributed by atoms with E-state index in [2.05, 4.69) is 40.7 Å². The molecule has 0 fully saturated rings. The van der Waals surface area contributed by atoms with Gasteiger partial charge in [0, 0.05) is 30.1 Å². The number of rotatable bonds is 8. The molecule has 2 N–H and O–H groups in total. The Morgan fingerprint density at radius 2 is 1.93 bits per heavy atom. The minimum absolute atomic E-state index is 0.136. The third-order valence-electron chi connectivity index (χ3n) is 3.83. The van der Waals surface area contributed by atoms with Gasteiger partial charge in [-0.05, 0) is 56.9 Å². The van der Waals surface area contributed by atoms with E-state index in [9.17, 15) is 4.39 Å². The number of aliphatic imine (C=N–C) groups is 1. The summed E-state index contributed by atoms with van der Waals surface area (Å²) >= 11 is 1.81. The Labute approximate surface area is 164 Å². The van der Waals surface area contributed by atoms with Gasteiger partial charge in [-0.15, -0.1) is 0 Å². The van der Waals surface area contributed by atoms with Crippen LogP contribution in [0.5, 0.6) is 11.6 Å². The van der Waals surface area contributed by atoms with Crippen LogP contribution in [0.15, 0.2) is 47.6 Å². The lowest BCUT2D eigenvalue weighted by Crippen LogP contribution is -2.43. The first-order valence-electron chi connectivity index (χ1n) is 8.87. The Hall–Kier alpha value is -2.28. The van der Waals surface area contributed by atoms with Crippen LogP contribution >= 0.6 is 11.8 Å². The molecule has 0 aliphatic carbocycles. The summed E-state index contributed by atoms with van der Waals surface area (Å²) in [4.78, 5) is 8.90. The Morgan fingerprint density at radius 1 is 1.19 bits per heavy atom. The average molecular weight is 391 g/mol. The van der Waals surface area contributed by atoms with Crippen LogP contribution in [0.3, 0.4) is 0 Å². The van der Waals surface area contributed by atoms with Crippen molar-refractivity contribution in [3.05, 3.63) is 54.0 Å². The summed E-state index contributed by atoms with van der Waals surface area (Å²) in [6, 6.07) is 9.55. The van der Waals surface area contributed by atoms with Crippen LogP contribution in [0, 0.1) is 5.82 Å². The van der Waals surface area contributed by atoms with Crippen LogP contribution < -0.4 is 15.4 Å². The molecule has 27 heavy (non-hydrogen) atoms. The molecule has 0 spiro atoms. The molecule has 0 unspecified atom stereocenters. The van der Waals surface area contributed by atoms with Gasteiger partial charge in [-0.1, -0.05) is 6.07 Å². The van der Waals surface area contributed by atoms with E-state index in [-0.39, 0.29) is 10.6 Å². The summed E-state index contributed by atoms with van der Waals surface area (Å²) in [5, 5.41) is 6.63. The maximum atomic E-state index is 12.9. The number of guanidine groups is 1. The second-order valence-corrected chi connectivity index (χ2v) is 8.09. The van der Waals surface area contributed by atoms with Crippen molar-refractivity contribution in [3.8, 4) is 11.6 Å². The highest BCUT2D eigenvalue weighted by Gasteiger charge is 2.16. The van der Waals surface area contributed by atoms with Crippen molar-refractivity contribution in [2.24, 2.45) is 4.99 Å². The van der Waals surface area contributed by atoms with Gasteiger partial charge in [0.05, 0.1) is 6.54 Å². The zero-order chi connectivity index (χ0) is 19.7. The Balaban J connectivity index is 1.94. The van der Waals surface area contributed by atoms with Gasteiger partial charge in [-0.3, -0.25) is 0 Å². The fraction of sp³-hybridized carbons (Fsp3) is 0.400. The van der Waals surface area contributed by atoms with Crippen LogP contribution in [-0.4, -0.2) is 35.0 Å². The monoisotopic (exact) mass is 390 g/mol. The van der Waals surface area contributed by atoms with E-state index in [1.165, 1.54) is 12.1 Å². The molecule has 0 aliphatic heterocycles. The molecule has 0 aliphatic rings. The molecule has 146 valence electrons. The Kier molecular flexibility index (Phi) is 7.91. The van der Waals surface area contributed by atoms with Gasteiger partial charge in [0.15, 0.2) is 5.96 Å². The van der Waals surface area contributed by atoms with Crippen molar-refractivity contribution < 1.29 is 9.13 Å². The van der Waals surface area contributed by atoms with Crippen molar-refractivity contribution >= 4 is 17.7 Å². The number of pyridine rings is 1. The van der Waals surface area contributed by atoms with Crippen molar-refractivity contribution in [1.82, 2.24) is 15.6 Å². The zero-order valence-electron chi connectivity index (χ0n) is 16.3. The number of nitrogens with one attached hydrogen (secondary N) is 2. The number of halogens is 1. The summed E-state index contributed by atoms with van der Waals surface area (Å²) in [5.41, 5.74) is 0.975. The van der Waals surface area contributed by atoms with Crippen LogP contribution in [-0.2, 0) is 6.54 Å². The first-order chi connectivity index (χ1) is 12.9. The van der Waals surface area contributed by atoms with E-state index < -0.39 is 0 Å². The molecule has 2 aromatic rings. The van der Waals surface area contributed by atoms with Crippen LogP contribution in [0.4, 0.5) is 4.39 Å². The first-order valence-corrected chi connectivity index (χ1v) is 10.1. The summed E-state index contributed by atoms with van der Waals surface area (Å²) < 4.78 is 18.7. The standard InChI is InChI=1S/C20H27FN4OS/c1-5-22-19(25-14-20(2,3)27-4)24-13-15-6-11-18(23-12-15)26-17-9-7-16(21)8-10-17/h6-12H,5,13-14H2,1-4H3,(H2,22,24,25). The smallest absolute Gasteiger partial charge is 0.219 e. The lowest BCUT2D eigenvalue weighted by molar-refractivity contribution is 0.461. The van der Waals surface area contributed by atoms with E-state index in [1.807, 2.05) is 24.8 Å². The van der Waals surface area contributed by atoms with Crippen molar-refractivity contribution in [1.29, 1.82) is 0 Å². The molecule has 1 heterocycles. The average Bonchev–Trinajstić information content (AvgIpc) is 2.67. The molecule has 0 radical (unpaired) electrons. The molecule has 7 heteroatoms. The van der Waals surface area contributed by atoms with Gasteiger partial charge >= 0.3 is 0 Å². The maximum absolute atomic E-state index is 12.9. The number of aromatic nitrogens is 1. The minimum atomic E-state index is -0.297. The molecule has 0 bridgehead atoms. The highest BCUT2D eigenvalue weighted by molar-refractivity contribution is 7.99. The lowest BCUT2D eigenvalue weighted by atomic mass is 10.2. The molecule has 0 saturated heterocycles. The van der Waals surface area contributed by atoms with E-state index in [0.29, 0.717) is 18.2 Å². The molecule has 5 nitrogen and oxygen atoms in total. The first kappa shape index (κ1) is 21.0. The van der Waals surface area contributed by atoms with Gasteiger partial charge in [-0.2, -0.15) is 11.8 Å². The van der Waals surface area contributed by atoms with Gasteiger partial charge in [0.25, 0.3) is 0 Å². The van der Waals surface area contributed by atoms with Crippen molar-refractivity contribution in [2.75, 3.05) is 19.3 Å². The Morgan fingerprint density at radius 3 is 2.52 bits per heavy atom. The van der Waals surface area contributed by atoms with Gasteiger partial charge in [0.1, 0.15) is 11.6 Å². The predicted molar refractivity (Wildman–Crippen MR) is 111 cm³/mol. The summed E-state index contributed by atoms with van der Waals surface area (Å²) in [6.45, 7) is 8.56. The van der Waals surface area contributed by atoms with E-state index in [0.717, 1.165) is 24.6 Å². The second-order valence-electron chi connectivity index (χ2n) is 6.57. The fourth-order valence-corrected chi connectivity index (χ4v) is 2.29. The topological polar surface area (TPSA) is 58.5 Å². The Bertz CT molecular complexity index is 733. The molecular weight excluding hydrogens is 363 g/mol. The molecular formula is C20H27FN4OS. The molecule has 0 atom stereocenters. The number of hydrogen-bond acceptors (Lipinski definition) is 4. The largest absolute Gasteiger partial charge is 0.439 e. The summed E-state index contributed by atoms with van der Waals surface area (Å²) in [7, 11) is 0. The molecule has 0 amide bonds. The van der Waals surface area contributed by atoms with Crippen molar-refractivity contribution in [3.63, 3.8) is 0 Å². The maximum Gasteiger partial charge on any atom is 0.219 e. The molecule has 1 aromatic carbocycles. The predicted octanol–water partition coefficient (Wildman–Crippen LogP) is 4.21. The molecule has 0 saturated carbocycles. The van der Waals surface area contributed by atoms with Crippen LogP contribution in [0.2, 0.25) is 0 Å². The third kappa shape index (κ3) is 7.46. The number of nitrogens with zero attached hydrogens (tertiary/aromatic N) is 2. The third-order valence-corrected chi connectivity index (χ3v) is 5.08. The fourth-order valence-electron chi connectivity index (χ4n) is 2.07. The van der Waals surface area contributed by atoms with Crippen molar-refractivity contribution in [2.45, 2.75) is 32.1 Å². The normalized spacial score (nSPS) is 12.0. The van der Waals surface area contributed by atoms with Crippen LogP contribution in [0.25, 0.3) is 0 Å². The SMILES string of the molecule is CCNC(=NCc1ccc(Oc2ccc(F)cc2)nc1)NCC(C)(C)SC. The number of ether oxygens (including phenoxy) is 1. The number of benzene rings is 1. The number of hydrogen-bond donors (Lipinski definition) is 2. The minimum Gasteiger partial charge on any atom is -0.439 e. The summed E-state index contributed by atoms with van der Waals surface area (Å²) in [6.07, 6.45) is 3.84. The number of thioether (sulfide) groups is 1. The van der Waals surface area contributed by atoms with Gasteiger partial charge in [0.2, 0.25) is 5.88 Å². The van der Waals surface area contributed by atoms with E-state index in [1.54, 1.807) is 24.4 Å². The lowest BCUT2D eigenvalue weighted by Gasteiger charge is -2.23. The quantitative estimate of drug-likeness (QED) is 0.522. The van der Waals surface area contributed by atoms with Gasteiger partial charge < -0.3 is 15.4 Å². The van der Waals surface area contributed by atoms with E-state index >= 15 is 0 Å². The second kappa shape index (κ2) is 10.2. The van der Waals surface area contributed by atoms with Gasteiger partial charge in [-0.25, -0.2) is 14.4 Å². The summed E-state index contributed by atoms with van der Waals surface area (Å²) in [5.74, 6) is 1.49. The molecule has 1 aromatic heterocycles. The highest BCUT2D eigenvalue weighted by atomic mass is 32.2. The zero-order valence-corrected chi connectivity index (χ0v) is 17.1.